The number of alkyl halides is 3. The molecule has 0 radical (unpaired) electrons. The van der Waals surface area contributed by atoms with E-state index in [-0.39, 0.29) is 27.8 Å². The first-order valence-electron chi connectivity index (χ1n) is 7.13. The van der Waals surface area contributed by atoms with E-state index in [1.54, 1.807) is 0 Å². The van der Waals surface area contributed by atoms with Crippen LogP contribution in [0.5, 0.6) is 5.75 Å². The van der Waals surface area contributed by atoms with Crippen molar-refractivity contribution < 1.29 is 27.6 Å². The number of carbonyl (C=O) groups is 1. The van der Waals surface area contributed by atoms with Crippen molar-refractivity contribution in [2.45, 2.75) is 11.1 Å². The summed E-state index contributed by atoms with van der Waals surface area (Å²) in [5.41, 5.74) is -0.925. The number of amides is 1. The summed E-state index contributed by atoms with van der Waals surface area (Å²) in [4.78, 5) is 22.5. The van der Waals surface area contributed by atoms with Gasteiger partial charge >= 0.3 is 6.18 Å². The number of ether oxygens (including phenoxy) is 1. The zero-order valence-corrected chi connectivity index (χ0v) is 14.2. The summed E-state index contributed by atoms with van der Waals surface area (Å²) in [5, 5.41) is 13.3. The lowest BCUT2D eigenvalue weighted by Crippen LogP contribution is -2.15. The maximum Gasteiger partial charge on any atom is 0.416 e. The molecule has 0 saturated heterocycles. The molecular weight excluding hydrogens is 373 g/mol. The van der Waals surface area contributed by atoms with Gasteiger partial charge < -0.3 is 10.1 Å². The Morgan fingerprint density at radius 3 is 2.62 bits per heavy atom. The SMILES string of the molecule is COc1ccc([N+](=O)[O-])cc1NC(=O)CSc1cccc(C(F)(F)F)c1. The van der Waals surface area contributed by atoms with Crippen LogP contribution in [0, 0.1) is 10.1 Å². The van der Waals surface area contributed by atoms with Gasteiger partial charge in [0, 0.05) is 17.0 Å². The Bertz CT molecular complexity index is 827. The number of halogens is 3. The van der Waals surface area contributed by atoms with Gasteiger partial charge in [-0.05, 0) is 24.3 Å². The topological polar surface area (TPSA) is 81.5 Å². The molecule has 0 fully saturated rings. The highest BCUT2D eigenvalue weighted by Crippen LogP contribution is 2.32. The molecule has 0 spiro atoms. The third-order valence-corrected chi connectivity index (χ3v) is 4.19. The van der Waals surface area contributed by atoms with Gasteiger partial charge in [0.2, 0.25) is 5.91 Å². The molecule has 0 atom stereocenters. The molecule has 0 aromatic heterocycles. The van der Waals surface area contributed by atoms with E-state index in [9.17, 15) is 28.1 Å². The summed E-state index contributed by atoms with van der Waals surface area (Å²) in [6, 6.07) is 8.32. The number of nitrogens with zero attached hydrogens (tertiary/aromatic N) is 1. The molecule has 0 unspecified atom stereocenters. The lowest BCUT2D eigenvalue weighted by Gasteiger charge is -2.11. The second kappa shape index (κ2) is 8.09. The zero-order valence-electron chi connectivity index (χ0n) is 13.4. The normalized spacial score (nSPS) is 11.1. The number of carbonyl (C=O) groups excluding carboxylic acids is 1. The summed E-state index contributed by atoms with van der Waals surface area (Å²) < 4.78 is 43.1. The minimum absolute atomic E-state index is 0.108. The first kappa shape index (κ1) is 19.6. The van der Waals surface area contributed by atoms with E-state index >= 15 is 0 Å². The largest absolute Gasteiger partial charge is 0.495 e. The van der Waals surface area contributed by atoms with Gasteiger partial charge in [0.05, 0.1) is 29.0 Å². The number of rotatable bonds is 6. The van der Waals surface area contributed by atoms with E-state index in [4.69, 9.17) is 4.74 Å². The van der Waals surface area contributed by atoms with Crippen LogP contribution in [0.3, 0.4) is 0 Å². The van der Waals surface area contributed by atoms with Crippen LogP contribution in [0.1, 0.15) is 5.56 Å². The fourth-order valence-electron chi connectivity index (χ4n) is 2.00. The second-order valence-electron chi connectivity index (χ2n) is 5.00. The molecule has 2 aromatic carbocycles. The molecule has 10 heteroatoms. The molecule has 6 nitrogen and oxygen atoms in total. The molecule has 1 N–H and O–H groups in total. The van der Waals surface area contributed by atoms with Gasteiger partial charge in [-0.1, -0.05) is 6.07 Å². The fraction of sp³-hybridized carbons (Fsp3) is 0.188. The number of nitro groups is 1. The number of hydrogen-bond acceptors (Lipinski definition) is 5. The molecule has 1 amide bonds. The molecule has 0 bridgehead atoms. The van der Waals surface area contributed by atoms with E-state index in [0.717, 1.165) is 30.0 Å². The molecule has 0 aliphatic carbocycles. The van der Waals surface area contributed by atoms with Crippen LogP contribution < -0.4 is 10.1 Å². The van der Waals surface area contributed by atoms with E-state index in [1.807, 2.05) is 0 Å². The van der Waals surface area contributed by atoms with Gasteiger partial charge in [-0.3, -0.25) is 14.9 Å². The summed E-state index contributed by atoms with van der Waals surface area (Å²) >= 11 is 0.915. The van der Waals surface area contributed by atoms with Crippen molar-refractivity contribution >= 4 is 29.0 Å². The Morgan fingerprint density at radius 2 is 2.00 bits per heavy atom. The third kappa shape index (κ3) is 5.12. The van der Waals surface area contributed by atoms with Gasteiger partial charge in [0.1, 0.15) is 5.75 Å². The van der Waals surface area contributed by atoms with Crippen molar-refractivity contribution in [2.75, 3.05) is 18.2 Å². The fourth-order valence-corrected chi connectivity index (χ4v) is 2.76. The Hall–Kier alpha value is -2.75. The molecule has 0 saturated carbocycles. The maximum absolute atomic E-state index is 12.7. The number of thioether (sulfide) groups is 1. The van der Waals surface area contributed by atoms with Gasteiger partial charge in [0.15, 0.2) is 0 Å². The maximum atomic E-state index is 12.7. The quantitative estimate of drug-likeness (QED) is 0.453. The van der Waals surface area contributed by atoms with E-state index < -0.39 is 22.6 Å². The number of benzene rings is 2. The molecule has 26 heavy (non-hydrogen) atoms. The van der Waals surface area contributed by atoms with Crippen molar-refractivity contribution in [3.8, 4) is 5.75 Å². The van der Waals surface area contributed by atoms with Crippen LogP contribution in [-0.2, 0) is 11.0 Å². The Balaban J connectivity index is 2.06. The van der Waals surface area contributed by atoms with Crippen molar-refractivity contribution in [1.29, 1.82) is 0 Å². The number of non-ortho nitro benzene ring substituents is 1. The van der Waals surface area contributed by atoms with Crippen molar-refractivity contribution in [1.82, 2.24) is 0 Å². The summed E-state index contributed by atoms with van der Waals surface area (Å²) in [6.45, 7) is 0. The number of methoxy groups -OCH3 is 1. The number of nitrogens with one attached hydrogen (secondary N) is 1. The first-order chi connectivity index (χ1) is 12.2. The Morgan fingerprint density at radius 1 is 1.27 bits per heavy atom. The van der Waals surface area contributed by atoms with E-state index in [2.05, 4.69) is 5.32 Å². The average molecular weight is 386 g/mol. The van der Waals surface area contributed by atoms with Crippen molar-refractivity contribution in [3.05, 3.63) is 58.1 Å². The van der Waals surface area contributed by atoms with E-state index in [0.29, 0.717) is 0 Å². The first-order valence-corrected chi connectivity index (χ1v) is 8.11. The highest BCUT2D eigenvalue weighted by molar-refractivity contribution is 8.00. The third-order valence-electron chi connectivity index (χ3n) is 3.20. The minimum atomic E-state index is -4.46. The Labute approximate surface area is 150 Å². The number of anilines is 1. The Kier molecular flexibility index (Phi) is 6.09. The average Bonchev–Trinajstić information content (AvgIpc) is 2.59. The predicted octanol–water partition coefficient (Wildman–Crippen LogP) is 4.35. The summed E-state index contributed by atoms with van der Waals surface area (Å²) in [7, 11) is 1.34. The highest BCUT2D eigenvalue weighted by Gasteiger charge is 2.30. The molecule has 0 heterocycles. The molecule has 2 aromatic rings. The van der Waals surface area contributed by atoms with Crippen molar-refractivity contribution in [3.63, 3.8) is 0 Å². The molecular formula is C16H13F3N2O4S. The van der Waals surface area contributed by atoms with Crippen LogP contribution in [-0.4, -0.2) is 23.7 Å². The van der Waals surface area contributed by atoms with Gasteiger partial charge in [-0.25, -0.2) is 0 Å². The predicted molar refractivity (Wildman–Crippen MR) is 90.4 cm³/mol. The van der Waals surface area contributed by atoms with Crippen LogP contribution in [0.15, 0.2) is 47.4 Å². The van der Waals surface area contributed by atoms with Crippen molar-refractivity contribution in [2.24, 2.45) is 0 Å². The van der Waals surface area contributed by atoms with Gasteiger partial charge in [-0.2, -0.15) is 13.2 Å². The molecule has 138 valence electrons. The summed E-state index contributed by atoms with van der Waals surface area (Å²) in [5.74, 6) is -0.480. The lowest BCUT2D eigenvalue weighted by molar-refractivity contribution is -0.384. The smallest absolute Gasteiger partial charge is 0.416 e. The molecule has 0 aliphatic rings. The van der Waals surface area contributed by atoms with Crippen LogP contribution in [0.2, 0.25) is 0 Å². The number of hydrogen-bond donors (Lipinski definition) is 1. The van der Waals surface area contributed by atoms with Crippen LogP contribution in [0.25, 0.3) is 0 Å². The second-order valence-corrected chi connectivity index (χ2v) is 6.05. The molecule has 2 rings (SSSR count). The molecule has 0 aliphatic heterocycles. The standard InChI is InChI=1S/C16H13F3N2O4S/c1-25-14-6-5-11(21(23)24)8-13(14)20-15(22)9-26-12-4-2-3-10(7-12)16(17,18)19/h2-8H,9H2,1H3,(H,20,22). The van der Waals surface area contributed by atoms with Crippen LogP contribution in [0.4, 0.5) is 24.5 Å². The minimum Gasteiger partial charge on any atom is -0.495 e. The summed E-state index contributed by atoms with van der Waals surface area (Å²) in [6.07, 6.45) is -4.46. The number of nitro benzene ring substituents is 1. The monoisotopic (exact) mass is 386 g/mol. The highest BCUT2D eigenvalue weighted by atomic mass is 32.2. The van der Waals surface area contributed by atoms with Gasteiger partial charge in [-0.15, -0.1) is 11.8 Å². The van der Waals surface area contributed by atoms with Gasteiger partial charge in [0.25, 0.3) is 5.69 Å². The van der Waals surface area contributed by atoms with Crippen LogP contribution >= 0.6 is 11.8 Å². The lowest BCUT2D eigenvalue weighted by atomic mass is 10.2. The zero-order chi connectivity index (χ0) is 19.3. The van der Waals surface area contributed by atoms with E-state index in [1.165, 1.54) is 31.4 Å².